The van der Waals surface area contributed by atoms with E-state index in [-0.39, 0.29) is 0 Å². The number of benzene rings is 1. The fourth-order valence-corrected chi connectivity index (χ4v) is 1.75. The number of anilines is 1. The third-order valence-electron chi connectivity index (χ3n) is 2.48. The van der Waals surface area contributed by atoms with Crippen LogP contribution in [0.15, 0.2) is 41.1 Å². The van der Waals surface area contributed by atoms with E-state index in [1.807, 2.05) is 12.1 Å². The Bertz CT molecular complexity index is 482. The summed E-state index contributed by atoms with van der Waals surface area (Å²) < 4.78 is 0.910. The number of hydrogen-bond acceptors (Lipinski definition) is 3. The molecular formula is C13H14BrN3. The highest BCUT2D eigenvalue weighted by Gasteiger charge is 1.98. The highest BCUT2D eigenvalue weighted by Crippen LogP contribution is 2.12. The molecule has 88 valence electrons. The Morgan fingerprint density at radius 1 is 1.18 bits per heavy atom. The summed E-state index contributed by atoms with van der Waals surface area (Å²) in [5.41, 5.74) is 2.42. The van der Waals surface area contributed by atoms with Crippen molar-refractivity contribution >= 4 is 21.6 Å². The lowest BCUT2D eigenvalue weighted by Gasteiger charge is -2.08. The fourth-order valence-electron chi connectivity index (χ4n) is 1.55. The zero-order chi connectivity index (χ0) is 12.1. The molecule has 3 nitrogen and oxygen atoms in total. The molecule has 0 unspecified atom stereocenters. The number of rotatable bonds is 4. The molecule has 4 heteroatoms. The second-order valence-corrected chi connectivity index (χ2v) is 4.72. The molecule has 0 saturated carbocycles. The molecule has 0 aliphatic heterocycles. The number of aromatic nitrogens is 2. The van der Waals surface area contributed by atoms with Gasteiger partial charge in [0.15, 0.2) is 0 Å². The highest BCUT2D eigenvalue weighted by molar-refractivity contribution is 9.10. The van der Waals surface area contributed by atoms with Crippen molar-refractivity contribution in [3.63, 3.8) is 0 Å². The minimum atomic E-state index is 0.821. The summed E-state index contributed by atoms with van der Waals surface area (Å²) in [5.74, 6) is 0.856. The van der Waals surface area contributed by atoms with Crippen molar-refractivity contribution in [3.8, 4) is 0 Å². The van der Waals surface area contributed by atoms with Gasteiger partial charge in [0.2, 0.25) is 0 Å². The number of nitrogens with one attached hydrogen (secondary N) is 1. The van der Waals surface area contributed by atoms with Crippen LogP contribution >= 0.6 is 15.9 Å². The predicted molar refractivity (Wildman–Crippen MR) is 73.1 cm³/mol. The molecular weight excluding hydrogens is 278 g/mol. The highest BCUT2D eigenvalue weighted by atomic mass is 79.9. The first kappa shape index (κ1) is 12.0. The largest absolute Gasteiger partial charge is 0.384 e. The van der Waals surface area contributed by atoms with E-state index in [1.54, 1.807) is 12.4 Å². The molecule has 1 N–H and O–H groups in total. The zero-order valence-corrected chi connectivity index (χ0v) is 11.2. The zero-order valence-electron chi connectivity index (χ0n) is 9.65. The molecule has 1 aromatic heterocycles. The van der Waals surface area contributed by atoms with Crippen molar-refractivity contribution in [2.24, 2.45) is 0 Å². The van der Waals surface area contributed by atoms with Gasteiger partial charge >= 0.3 is 0 Å². The Balaban J connectivity index is 1.88. The van der Waals surface area contributed by atoms with Gasteiger partial charge in [0.05, 0.1) is 4.47 Å². The Kier molecular flexibility index (Phi) is 4.09. The normalized spacial score (nSPS) is 10.2. The summed E-state index contributed by atoms with van der Waals surface area (Å²) in [6.45, 7) is 2.94. The van der Waals surface area contributed by atoms with Gasteiger partial charge in [-0.25, -0.2) is 9.97 Å². The lowest BCUT2D eigenvalue weighted by molar-refractivity contribution is 0.889. The van der Waals surface area contributed by atoms with Crippen molar-refractivity contribution < 1.29 is 0 Å². The Morgan fingerprint density at radius 3 is 2.59 bits per heavy atom. The van der Waals surface area contributed by atoms with Gasteiger partial charge in [0, 0.05) is 31.0 Å². The predicted octanol–water partition coefficient (Wildman–Crippen LogP) is 3.20. The van der Waals surface area contributed by atoms with Crippen LogP contribution in [-0.4, -0.2) is 16.5 Å². The van der Waals surface area contributed by atoms with E-state index in [2.05, 4.69) is 50.3 Å². The van der Waals surface area contributed by atoms with E-state index in [4.69, 9.17) is 0 Å². The van der Waals surface area contributed by atoms with E-state index >= 15 is 0 Å². The molecule has 0 fully saturated rings. The smallest absolute Gasteiger partial charge is 0.130 e. The molecule has 1 aromatic carbocycles. The number of hydrogen-bond donors (Lipinski definition) is 1. The molecule has 17 heavy (non-hydrogen) atoms. The van der Waals surface area contributed by atoms with E-state index in [0.29, 0.717) is 0 Å². The Hall–Kier alpha value is -1.42. The van der Waals surface area contributed by atoms with Crippen LogP contribution in [0.4, 0.5) is 5.69 Å². The first-order valence-corrected chi connectivity index (χ1v) is 6.31. The summed E-state index contributed by atoms with van der Waals surface area (Å²) >= 11 is 3.32. The maximum atomic E-state index is 4.23. The van der Waals surface area contributed by atoms with Gasteiger partial charge in [-0.3, -0.25) is 0 Å². The second kappa shape index (κ2) is 5.77. The van der Waals surface area contributed by atoms with Crippen LogP contribution in [-0.2, 0) is 6.42 Å². The number of nitrogens with zero attached hydrogens (tertiary/aromatic N) is 2. The summed E-state index contributed by atoms with van der Waals surface area (Å²) in [7, 11) is 0. The van der Waals surface area contributed by atoms with Gasteiger partial charge in [-0.05, 0) is 34.5 Å². The summed E-state index contributed by atoms with van der Waals surface area (Å²) in [6.07, 6.45) is 4.37. The lowest BCUT2D eigenvalue weighted by atomic mass is 10.2. The number of para-hydroxylation sites is 1. The van der Waals surface area contributed by atoms with Gasteiger partial charge in [-0.2, -0.15) is 0 Å². The van der Waals surface area contributed by atoms with E-state index in [1.165, 1.54) is 11.3 Å². The van der Waals surface area contributed by atoms with Gasteiger partial charge in [-0.15, -0.1) is 0 Å². The minimum absolute atomic E-state index is 0.821. The quantitative estimate of drug-likeness (QED) is 0.940. The fraction of sp³-hybridized carbons (Fsp3) is 0.231. The van der Waals surface area contributed by atoms with Crippen LogP contribution in [0, 0.1) is 6.92 Å². The molecule has 2 aromatic rings. The number of aryl methyl sites for hydroxylation is 1. The molecule has 0 radical (unpaired) electrons. The van der Waals surface area contributed by atoms with E-state index in [0.717, 1.165) is 23.3 Å². The van der Waals surface area contributed by atoms with Crippen LogP contribution in [0.25, 0.3) is 0 Å². The second-order valence-electron chi connectivity index (χ2n) is 3.81. The molecule has 2 rings (SSSR count). The molecule has 0 bridgehead atoms. The van der Waals surface area contributed by atoms with Crippen LogP contribution < -0.4 is 5.32 Å². The first-order chi connectivity index (χ1) is 8.25. The average molecular weight is 292 g/mol. The molecule has 0 saturated heterocycles. The van der Waals surface area contributed by atoms with Crippen LogP contribution in [0.2, 0.25) is 0 Å². The minimum Gasteiger partial charge on any atom is -0.384 e. The molecule has 0 atom stereocenters. The maximum absolute atomic E-state index is 4.23. The summed E-state index contributed by atoms with van der Waals surface area (Å²) in [5, 5.41) is 3.38. The third-order valence-corrected chi connectivity index (χ3v) is 2.89. The van der Waals surface area contributed by atoms with Crippen molar-refractivity contribution in [2.45, 2.75) is 13.3 Å². The van der Waals surface area contributed by atoms with Crippen LogP contribution in [0.1, 0.15) is 11.4 Å². The SMILES string of the molecule is Cc1ccccc1NCCc1ncc(Br)cn1. The van der Waals surface area contributed by atoms with E-state index in [9.17, 15) is 0 Å². The Morgan fingerprint density at radius 2 is 1.88 bits per heavy atom. The maximum Gasteiger partial charge on any atom is 0.130 e. The molecule has 1 heterocycles. The van der Waals surface area contributed by atoms with Gasteiger partial charge in [-0.1, -0.05) is 18.2 Å². The molecule has 0 spiro atoms. The van der Waals surface area contributed by atoms with Crippen molar-refractivity contribution in [1.82, 2.24) is 9.97 Å². The van der Waals surface area contributed by atoms with Gasteiger partial charge < -0.3 is 5.32 Å². The van der Waals surface area contributed by atoms with Crippen LogP contribution in [0.5, 0.6) is 0 Å². The topological polar surface area (TPSA) is 37.8 Å². The van der Waals surface area contributed by atoms with Crippen LogP contribution in [0.3, 0.4) is 0 Å². The van der Waals surface area contributed by atoms with Crippen molar-refractivity contribution in [1.29, 1.82) is 0 Å². The monoisotopic (exact) mass is 291 g/mol. The molecule has 0 amide bonds. The van der Waals surface area contributed by atoms with Gasteiger partial charge in [0.1, 0.15) is 5.82 Å². The summed E-state index contributed by atoms with van der Waals surface area (Å²) in [6, 6.07) is 8.25. The van der Waals surface area contributed by atoms with Crippen molar-refractivity contribution in [3.05, 3.63) is 52.5 Å². The van der Waals surface area contributed by atoms with Crippen molar-refractivity contribution in [2.75, 3.05) is 11.9 Å². The van der Waals surface area contributed by atoms with E-state index < -0.39 is 0 Å². The average Bonchev–Trinajstić information content (AvgIpc) is 2.34. The third kappa shape index (κ3) is 3.53. The lowest BCUT2D eigenvalue weighted by Crippen LogP contribution is -2.08. The molecule has 0 aliphatic carbocycles. The van der Waals surface area contributed by atoms with Gasteiger partial charge in [0.25, 0.3) is 0 Å². The first-order valence-electron chi connectivity index (χ1n) is 5.51. The Labute approximate surface area is 109 Å². The standard InChI is InChI=1S/C13H14BrN3/c1-10-4-2-3-5-12(10)15-7-6-13-16-8-11(14)9-17-13/h2-5,8-9,15H,6-7H2,1H3. The molecule has 0 aliphatic rings. The number of halogens is 1. The summed E-state index contributed by atoms with van der Waals surface area (Å²) in [4.78, 5) is 8.47.